The van der Waals surface area contributed by atoms with Gasteiger partial charge in [0.05, 0.1) is 6.07 Å². The van der Waals surface area contributed by atoms with Crippen molar-refractivity contribution in [2.24, 2.45) is 5.92 Å². The van der Waals surface area contributed by atoms with Gasteiger partial charge >= 0.3 is 0 Å². The smallest absolute Gasteiger partial charge is 0.251 e. The summed E-state index contributed by atoms with van der Waals surface area (Å²) in [6, 6.07) is 3.89. The quantitative estimate of drug-likeness (QED) is 0.608. The second kappa shape index (κ2) is 5.76. The average Bonchev–Trinajstić information content (AvgIpc) is 3.18. The first-order valence-electron chi connectivity index (χ1n) is 6.46. The molecule has 1 heterocycles. The molecule has 1 saturated carbocycles. The van der Waals surface area contributed by atoms with Crippen molar-refractivity contribution in [2.75, 3.05) is 12.3 Å². The standard InChI is InChI=1S/C13H18N4OS/c1-3-15-13(7-14,10-4-5-10)8-19-12-16-9(2)6-11(18)17-12/h6,10,15H,3-5,8H2,1-2H3,(H,16,17,18). The summed E-state index contributed by atoms with van der Waals surface area (Å²) in [6.07, 6.45) is 2.19. The topological polar surface area (TPSA) is 81.6 Å². The highest BCUT2D eigenvalue weighted by molar-refractivity contribution is 7.99. The van der Waals surface area contributed by atoms with E-state index in [2.05, 4.69) is 21.4 Å². The Balaban J connectivity index is 2.10. The molecule has 1 aromatic rings. The summed E-state index contributed by atoms with van der Waals surface area (Å²) in [5.74, 6) is 1.02. The first kappa shape index (κ1) is 14.1. The Morgan fingerprint density at radius 1 is 1.68 bits per heavy atom. The lowest BCUT2D eigenvalue weighted by Crippen LogP contribution is -2.48. The van der Waals surface area contributed by atoms with E-state index in [9.17, 15) is 10.1 Å². The molecule has 1 unspecified atom stereocenters. The van der Waals surface area contributed by atoms with E-state index in [-0.39, 0.29) is 5.56 Å². The minimum atomic E-state index is -0.498. The van der Waals surface area contributed by atoms with Crippen molar-refractivity contribution in [3.05, 3.63) is 22.1 Å². The third-order valence-corrected chi connectivity index (χ3v) is 4.32. The SMILES string of the molecule is CCNC(C#N)(CSc1nc(C)cc(=O)[nH]1)C1CC1. The van der Waals surface area contributed by atoms with Crippen LogP contribution in [-0.2, 0) is 0 Å². The maximum absolute atomic E-state index is 11.4. The first-order chi connectivity index (χ1) is 9.09. The molecule has 1 aliphatic rings. The van der Waals surface area contributed by atoms with Crippen LogP contribution in [0.1, 0.15) is 25.5 Å². The highest BCUT2D eigenvalue weighted by atomic mass is 32.2. The van der Waals surface area contributed by atoms with Crippen LogP contribution in [-0.4, -0.2) is 27.8 Å². The van der Waals surface area contributed by atoms with E-state index in [1.807, 2.05) is 6.92 Å². The van der Waals surface area contributed by atoms with E-state index < -0.39 is 5.54 Å². The average molecular weight is 278 g/mol. The zero-order chi connectivity index (χ0) is 13.9. The van der Waals surface area contributed by atoms with Crippen LogP contribution in [0.5, 0.6) is 0 Å². The van der Waals surface area contributed by atoms with Gasteiger partial charge < -0.3 is 4.98 Å². The minimum Gasteiger partial charge on any atom is -0.301 e. The van der Waals surface area contributed by atoms with Gasteiger partial charge in [-0.25, -0.2) is 4.98 Å². The molecule has 1 aliphatic carbocycles. The third-order valence-electron chi connectivity index (χ3n) is 3.25. The highest BCUT2D eigenvalue weighted by Crippen LogP contribution is 2.41. The molecule has 19 heavy (non-hydrogen) atoms. The summed E-state index contributed by atoms with van der Waals surface area (Å²) >= 11 is 1.44. The van der Waals surface area contributed by atoms with Crippen molar-refractivity contribution in [1.82, 2.24) is 15.3 Å². The van der Waals surface area contributed by atoms with Crippen LogP contribution >= 0.6 is 11.8 Å². The summed E-state index contributed by atoms with van der Waals surface area (Å²) in [6.45, 7) is 4.57. The van der Waals surface area contributed by atoms with Gasteiger partial charge in [-0.05, 0) is 32.2 Å². The lowest BCUT2D eigenvalue weighted by atomic mass is 9.98. The summed E-state index contributed by atoms with van der Waals surface area (Å²) in [4.78, 5) is 18.4. The second-order valence-corrected chi connectivity index (χ2v) is 5.83. The molecule has 0 radical (unpaired) electrons. The summed E-state index contributed by atoms with van der Waals surface area (Å²) in [5.41, 5.74) is 0.0537. The van der Waals surface area contributed by atoms with Gasteiger partial charge in [0.15, 0.2) is 5.16 Å². The molecule has 0 amide bonds. The number of aryl methyl sites for hydroxylation is 1. The van der Waals surface area contributed by atoms with E-state index in [1.54, 1.807) is 6.92 Å². The Bertz CT molecular complexity index is 546. The monoisotopic (exact) mass is 278 g/mol. The Hall–Kier alpha value is -1.32. The van der Waals surface area contributed by atoms with E-state index >= 15 is 0 Å². The third kappa shape index (κ3) is 3.37. The Morgan fingerprint density at radius 3 is 2.95 bits per heavy atom. The summed E-state index contributed by atoms with van der Waals surface area (Å²) < 4.78 is 0. The second-order valence-electron chi connectivity index (χ2n) is 4.87. The van der Waals surface area contributed by atoms with Crippen molar-refractivity contribution < 1.29 is 0 Å². The molecule has 2 N–H and O–H groups in total. The number of nitrogens with one attached hydrogen (secondary N) is 2. The van der Waals surface area contributed by atoms with Crippen LogP contribution in [0.4, 0.5) is 0 Å². The number of aromatic nitrogens is 2. The van der Waals surface area contributed by atoms with E-state index in [0.29, 0.717) is 22.5 Å². The van der Waals surface area contributed by atoms with E-state index in [1.165, 1.54) is 17.8 Å². The molecular formula is C13H18N4OS. The predicted molar refractivity (Wildman–Crippen MR) is 75.1 cm³/mol. The number of H-pyrrole nitrogens is 1. The van der Waals surface area contributed by atoms with Gasteiger partial charge in [0, 0.05) is 17.5 Å². The lowest BCUT2D eigenvalue weighted by Gasteiger charge is -2.26. The fourth-order valence-corrected chi connectivity index (χ4v) is 3.32. The zero-order valence-electron chi connectivity index (χ0n) is 11.2. The van der Waals surface area contributed by atoms with Crippen LogP contribution < -0.4 is 10.9 Å². The number of aromatic amines is 1. The number of thioether (sulfide) groups is 1. The normalized spacial score (nSPS) is 17.7. The van der Waals surface area contributed by atoms with Gasteiger partial charge in [-0.1, -0.05) is 18.7 Å². The van der Waals surface area contributed by atoms with Gasteiger partial charge in [0.1, 0.15) is 5.54 Å². The largest absolute Gasteiger partial charge is 0.301 e. The number of nitriles is 1. The lowest BCUT2D eigenvalue weighted by molar-refractivity contribution is 0.415. The van der Waals surface area contributed by atoms with Crippen LogP contribution in [0.2, 0.25) is 0 Å². The van der Waals surface area contributed by atoms with Gasteiger partial charge in [-0.3, -0.25) is 10.1 Å². The fraction of sp³-hybridized carbons (Fsp3) is 0.615. The Labute approximate surface area is 116 Å². The minimum absolute atomic E-state index is 0.146. The molecule has 1 atom stereocenters. The molecule has 102 valence electrons. The zero-order valence-corrected chi connectivity index (χ0v) is 12.0. The molecule has 0 bridgehead atoms. The fourth-order valence-electron chi connectivity index (χ4n) is 2.17. The first-order valence-corrected chi connectivity index (χ1v) is 7.45. The number of hydrogen-bond donors (Lipinski definition) is 2. The maximum Gasteiger partial charge on any atom is 0.251 e. The Morgan fingerprint density at radius 2 is 2.42 bits per heavy atom. The van der Waals surface area contributed by atoms with Crippen molar-refractivity contribution in [3.63, 3.8) is 0 Å². The van der Waals surface area contributed by atoms with E-state index in [0.717, 1.165) is 19.4 Å². The van der Waals surface area contributed by atoms with Crippen molar-refractivity contribution in [2.45, 2.75) is 37.4 Å². The molecule has 6 heteroatoms. The molecule has 0 aliphatic heterocycles. The summed E-state index contributed by atoms with van der Waals surface area (Å²) in [5, 5.41) is 13.4. The molecule has 1 fully saturated rings. The number of nitrogens with zero attached hydrogens (tertiary/aromatic N) is 2. The van der Waals surface area contributed by atoms with Crippen molar-refractivity contribution in [3.8, 4) is 6.07 Å². The van der Waals surface area contributed by atoms with Gasteiger partial charge in [-0.15, -0.1) is 0 Å². The van der Waals surface area contributed by atoms with Crippen LogP contribution in [0.3, 0.4) is 0 Å². The molecule has 0 aromatic carbocycles. The highest BCUT2D eigenvalue weighted by Gasteiger charge is 2.45. The summed E-state index contributed by atoms with van der Waals surface area (Å²) in [7, 11) is 0. The van der Waals surface area contributed by atoms with Crippen molar-refractivity contribution >= 4 is 11.8 Å². The van der Waals surface area contributed by atoms with E-state index in [4.69, 9.17) is 0 Å². The van der Waals surface area contributed by atoms with Gasteiger partial charge in [0.2, 0.25) is 0 Å². The molecule has 2 rings (SSSR count). The molecule has 0 saturated heterocycles. The number of rotatable bonds is 6. The van der Waals surface area contributed by atoms with Crippen LogP contribution in [0, 0.1) is 24.2 Å². The van der Waals surface area contributed by atoms with Gasteiger partial charge in [0.25, 0.3) is 5.56 Å². The van der Waals surface area contributed by atoms with Gasteiger partial charge in [-0.2, -0.15) is 5.26 Å². The number of hydrogen-bond acceptors (Lipinski definition) is 5. The van der Waals surface area contributed by atoms with Crippen LogP contribution in [0.15, 0.2) is 16.0 Å². The molecule has 5 nitrogen and oxygen atoms in total. The maximum atomic E-state index is 11.4. The predicted octanol–water partition coefficient (Wildman–Crippen LogP) is 1.45. The Kier molecular flexibility index (Phi) is 4.27. The molecule has 0 spiro atoms. The van der Waals surface area contributed by atoms with Crippen molar-refractivity contribution in [1.29, 1.82) is 5.26 Å². The van der Waals surface area contributed by atoms with Crippen LogP contribution in [0.25, 0.3) is 0 Å². The molecular weight excluding hydrogens is 260 g/mol. The molecule has 1 aromatic heterocycles.